The minimum Gasteiger partial charge on any atom is -0.293 e. The molecule has 0 aliphatic heterocycles. The second-order valence-corrected chi connectivity index (χ2v) is 5.18. The first-order valence-electron chi connectivity index (χ1n) is 6.68. The highest BCUT2D eigenvalue weighted by atomic mass is 16.2. The number of nitriles is 1. The molecule has 0 radical (unpaired) electrons. The predicted octanol–water partition coefficient (Wildman–Crippen LogP) is 1.64. The lowest BCUT2D eigenvalue weighted by Crippen LogP contribution is -2.39. The molecule has 104 valence electrons. The van der Waals surface area contributed by atoms with E-state index in [4.69, 9.17) is 11.1 Å². The Morgan fingerprint density at radius 3 is 2.43 bits per heavy atom. The van der Waals surface area contributed by atoms with Gasteiger partial charge >= 0.3 is 0 Å². The fourth-order valence-corrected chi connectivity index (χ4v) is 2.50. The van der Waals surface area contributed by atoms with Crippen LogP contribution in [0.3, 0.4) is 0 Å². The third kappa shape index (κ3) is 2.26. The summed E-state index contributed by atoms with van der Waals surface area (Å²) < 4.78 is 0. The zero-order chi connectivity index (χ0) is 14.9. The number of hydrogen-bond acceptors (Lipinski definition) is 4. The van der Waals surface area contributed by atoms with E-state index in [0.717, 1.165) is 29.7 Å². The smallest absolute Gasteiger partial charge is 0.244 e. The molecule has 0 atom stereocenters. The number of hydrogen-bond donors (Lipinski definition) is 2. The molecular weight excluding hydrogens is 264 g/mol. The van der Waals surface area contributed by atoms with Gasteiger partial charge in [0.25, 0.3) is 0 Å². The van der Waals surface area contributed by atoms with Crippen molar-refractivity contribution in [1.82, 2.24) is 10.4 Å². The van der Waals surface area contributed by atoms with E-state index in [9.17, 15) is 4.79 Å². The molecule has 5 nitrogen and oxygen atoms in total. The second kappa shape index (κ2) is 5.00. The number of hydrazine groups is 1. The Labute approximate surface area is 122 Å². The van der Waals surface area contributed by atoms with Gasteiger partial charge in [0, 0.05) is 11.8 Å². The molecule has 5 heteroatoms. The third-order valence-electron chi connectivity index (χ3n) is 3.94. The average Bonchev–Trinajstić information content (AvgIpc) is 3.36. The third-order valence-corrected chi connectivity index (χ3v) is 3.94. The quantitative estimate of drug-likeness (QED) is 0.507. The summed E-state index contributed by atoms with van der Waals surface area (Å²) in [7, 11) is 0. The molecule has 3 N–H and O–H groups in total. The van der Waals surface area contributed by atoms with E-state index >= 15 is 0 Å². The van der Waals surface area contributed by atoms with Gasteiger partial charge in [-0.3, -0.25) is 15.2 Å². The Hall–Kier alpha value is -2.71. The van der Waals surface area contributed by atoms with Gasteiger partial charge in [-0.2, -0.15) is 5.26 Å². The normalized spacial score (nSPS) is 15.0. The number of carbonyl (C=O) groups is 1. The maximum absolute atomic E-state index is 11.8. The molecule has 1 saturated carbocycles. The number of benzene rings is 1. The number of nitrogens with two attached hydrogens (primary N) is 1. The lowest BCUT2D eigenvalue weighted by atomic mass is 9.94. The number of pyridine rings is 1. The van der Waals surface area contributed by atoms with Crippen LogP contribution in [0.5, 0.6) is 0 Å². The number of carbonyl (C=O) groups excluding carboxylic acids is 1. The van der Waals surface area contributed by atoms with Crippen molar-refractivity contribution in [2.75, 3.05) is 0 Å². The van der Waals surface area contributed by atoms with Gasteiger partial charge in [0.2, 0.25) is 5.91 Å². The summed E-state index contributed by atoms with van der Waals surface area (Å²) in [5, 5.41) is 8.77. The highest BCUT2D eigenvalue weighted by molar-refractivity contribution is 5.91. The number of nitrogens with zero attached hydrogens (tertiary/aromatic N) is 2. The van der Waals surface area contributed by atoms with Crippen LogP contribution in [-0.2, 0) is 10.2 Å². The molecule has 0 saturated heterocycles. The van der Waals surface area contributed by atoms with Gasteiger partial charge in [0.05, 0.1) is 16.7 Å². The SMILES string of the molecule is N#Cc1ccc(-c2ccc(C3(C(=O)NN)CC3)cc2)nc1. The maximum atomic E-state index is 11.8. The molecule has 1 aromatic heterocycles. The fourth-order valence-electron chi connectivity index (χ4n) is 2.50. The van der Waals surface area contributed by atoms with E-state index in [1.54, 1.807) is 12.3 Å². The zero-order valence-electron chi connectivity index (χ0n) is 11.3. The van der Waals surface area contributed by atoms with Crippen molar-refractivity contribution in [3.05, 3.63) is 53.7 Å². The minimum absolute atomic E-state index is 0.133. The first-order chi connectivity index (χ1) is 10.2. The first-order valence-corrected chi connectivity index (χ1v) is 6.68. The number of aromatic nitrogens is 1. The number of amides is 1. The van der Waals surface area contributed by atoms with Crippen molar-refractivity contribution in [3.8, 4) is 17.3 Å². The van der Waals surface area contributed by atoms with Gasteiger partial charge in [-0.25, -0.2) is 5.84 Å². The molecular formula is C16H14N4O. The molecule has 2 aromatic rings. The fraction of sp³-hybridized carbons (Fsp3) is 0.188. The summed E-state index contributed by atoms with van der Waals surface area (Å²) in [6.07, 6.45) is 3.20. The van der Waals surface area contributed by atoms with Crippen LogP contribution in [0, 0.1) is 11.3 Å². The van der Waals surface area contributed by atoms with E-state index in [1.807, 2.05) is 36.4 Å². The van der Waals surface area contributed by atoms with Crippen LogP contribution in [0.15, 0.2) is 42.6 Å². The standard InChI is InChI=1S/C16H14N4O/c17-9-11-1-6-14(19-10-11)12-2-4-13(5-3-12)16(7-8-16)15(21)20-18/h1-6,10H,7-8,18H2,(H,20,21). The van der Waals surface area contributed by atoms with E-state index in [0.29, 0.717) is 5.56 Å². The largest absolute Gasteiger partial charge is 0.293 e. The Kier molecular flexibility index (Phi) is 3.16. The van der Waals surface area contributed by atoms with Gasteiger partial charge in [0.1, 0.15) is 6.07 Å². The van der Waals surface area contributed by atoms with Crippen molar-refractivity contribution in [2.45, 2.75) is 18.3 Å². The molecule has 0 unspecified atom stereocenters. The topological polar surface area (TPSA) is 91.8 Å². The molecule has 1 aliphatic carbocycles. The van der Waals surface area contributed by atoms with Crippen LogP contribution in [0.1, 0.15) is 24.0 Å². The van der Waals surface area contributed by atoms with Gasteiger partial charge in [-0.15, -0.1) is 0 Å². The van der Waals surface area contributed by atoms with Crippen molar-refractivity contribution in [1.29, 1.82) is 5.26 Å². The van der Waals surface area contributed by atoms with Gasteiger partial charge in [0.15, 0.2) is 0 Å². The first kappa shape index (κ1) is 13.3. The van der Waals surface area contributed by atoms with E-state index < -0.39 is 5.41 Å². The van der Waals surface area contributed by atoms with Crippen molar-refractivity contribution in [3.63, 3.8) is 0 Å². The number of nitrogens with one attached hydrogen (secondary N) is 1. The van der Waals surface area contributed by atoms with Gasteiger partial charge < -0.3 is 0 Å². The molecule has 1 aliphatic rings. The summed E-state index contributed by atoms with van der Waals surface area (Å²) in [5.41, 5.74) is 5.05. The highest BCUT2D eigenvalue weighted by Crippen LogP contribution is 2.48. The highest BCUT2D eigenvalue weighted by Gasteiger charge is 2.50. The summed E-state index contributed by atoms with van der Waals surface area (Å²) in [6, 6.07) is 13.4. The Balaban J connectivity index is 1.87. The zero-order valence-corrected chi connectivity index (χ0v) is 11.3. The molecule has 1 fully saturated rings. The van der Waals surface area contributed by atoms with Crippen LogP contribution in [0.4, 0.5) is 0 Å². The Morgan fingerprint density at radius 1 is 1.24 bits per heavy atom. The van der Waals surface area contributed by atoms with Crippen LogP contribution in [0.25, 0.3) is 11.3 Å². The molecule has 1 amide bonds. The van der Waals surface area contributed by atoms with Crippen LogP contribution >= 0.6 is 0 Å². The Bertz CT molecular complexity index is 709. The van der Waals surface area contributed by atoms with Crippen LogP contribution < -0.4 is 11.3 Å². The van der Waals surface area contributed by atoms with Crippen LogP contribution in [0.2, 0.25) is 0 Å². The van der Waals surface area contributed by atoms with Crippen molar-refractivity contribution >= 4 is 5.91 Å². The lowest BCUT2D eigenvalue weighted by molar-refractivity contribution is -0.123. The molecule has 0 spiro atoms. The monoisotopic (exact) mass is 278 g/mol. The molecule has 3 rings (SSSR count). The summed E-state index contributed by atoms with van der Waals surface area (Å²) in [4.78, 5) is 16.1. The molecule has 1 heterocycles. The van der Waals surface area contributed by atoms with Crippen LogP contribution in [-0.4, -0.2) is 10.9 Å². The van der Waals surface area contributed by atoms with E-state index in [2.05, 4.69) is 10.4 Å². The van der Waals surface area contributed by atoms with E-state index in [-0.39, 0.29) is 5.91 Å². The summed E-state index contributed by atoms with van der Waals surface area (Å²) in [5.74, 6) is 5.12. The molecule has 21 heavy (non-hydrogen) atoms. The predicted molar refractivity (Wildman–Crippen MR) is 77.6 cm³/mol. The maximum Gasteiger partial charge on any atom is 0.244 e. The number of rotatable bonds is 3. The summed E-state index contributed by atoms with van der Waals surface area (Å²) >= 11 is 0. The minimum atomic E-state index is -0.453. The Morgan fingerprint density at radius 2 is 1.95 bits per heavy atom. The summed E-state index contributed by atoms with van der Waals surface area (Å²) in [6.45, 7) is 0. The molecule has 0 bridgehead atoms. The van der Waals surface area contributed by atoms with Gasteiger partial charge in [-0.1, -0.05) is 24.3 Å². The lowest BCUT2D eigenvalue weighted by Gasteiger charge is -2.14. The van der Waals surface area contributed by atoms with Crippen molar-refractivity contribution < 1.29 is 4.79 Å². The molecule has 1 aromatic carbocycles. The second-order valence-electron chi connectivity index (χ2n) is 5.18. The van der Waals surface area contributed by atoms with Gasteiger partial charge in [-0.05, 0) is 30.5 Å². The van der Waals surface area contributed by atoms with Crippen molar-refractivity contribution in [2.24, 2.45) is 5.84 Å². The average molecular weight is 278 g/mol. The van der Waals surface area contributed by atoms with E-state index in [1.165, 1.54) is 0 Å².